The summed E-state index contributed by atoms with van der Waals surface area (Å²) in [5.41, 5.74) is 3.44. The predicted molar refractivity (Wildman–Crippen MR) is 118 cm³/mol. The SMILES string of the molecule is Cc1cc(OCC(=O)N[C@@H](C)c2ccc(N3CCC[C@H](C)C3)cc2)ccc1Br. The molecule has 2 atom stereocenters. The summed E-state index contributed by atoms with van der Waals surface area (Å²) in [5, 5.41) is 3.01. The number of carbonyl (C=O) groups is 1. The van der Waals surface area contributed by atoms with E-state index in [-0.39, 0.29) is 18.6 Å². The number of anilines is 1. The molecule has 1 aliphatic rings. The van der Waals surface area contributed by atoms with Gasteiger partial charge in [-0.3, -0.25) is 4.79 Å². The van der Waals surface area contributed by atoms with Crippen LogP contribution in [-0.4, -0.2) is 25.6 Å². The number of nitrogens with one attached hydrogen (secondary N) is 1. The van der Waals surface area contributed by atoms with Crippen LogP contribution in [-0.2, 0) is 4.79 Å². The number of carbonyl (C=O) groups excluding carboxylic acids is 1. The molecule has 5 heteroatoms. The second kappa shape index (κ2) is 9.46. The molecule has 1 heterocycles. The van der Waals surface area contributed by atoms with Gasteiger partial charge >= 0.3 is 0 Å². The van der Waals surface area contributed by atoms with Crippen LogP contribution in [0.1, 0.15) is 43.9 Å². The van der Waals surface area contributed by atoms with Crippen molar-refractivity contribution in [1.29, 1.82) is 0 Å². The second-order valence-electron chi connectivity index (χ2n) is 7.77. The van der Waals surface area contributed by atoms with Crippen LogP contribution in [0, 0.1) is 12.8 Å². The number of piperidine rings is 1. The molecule has 1 amide bonds. The van der Waals surface area contributed by atoms with Gasteiger partial charge in [0.15, 0.2) is 6.61 Å². The standard InChI is InChI=1S/C23H29BrN2O2/c1-16-5-4-12-26(14-16)20-8-6-19(7-9-20)18(3)25-23(27)15-28-21-10-11-22(24)17(2)13-21/h6-11,13,16,18H,4-5,12,14-15H2,1-3H3,(H,25,27)/t16-,18-/m0/s1. The van der Waals surface area contributed by atoms with Gasteiger partial charge in [-0.25, -0.2) is 0 Å². The Morgan fingerprint density at radius 1 is 1.29 bits per heavy atom. The van der Waals surface area contributed by atoms with Gasteiger partial charge in [-0.05, 0) is 74.1 Å². The third kappa shape index (κ3) is 5.51. The fraction of sp³-hybridized carbons (Fsp3) is 0.435. The van der Waals surface area contributed by atoms with E-state index in [4.69, 9.17) is 4.74 Å². The monoisotopic (exact) mass is 444 g/mol. The molecule has 2 aromatic carbocycles. The number of hydrogen-bond acceptors (Lipinski definition) is 3. The Bertz CT molecular complexity index is 807. The fourth-order valence-corrected chi connectivity index (χ4v) is 3.87. The van der Waals surface area contributed by atoms with Crippen LogP contribution < -0.4 is 15.0 Å². The van der Waals surface area contributed by atoms with Gasteiger partial charge in [0, 0.05) is 23.2 Å². The van der Waals surface area contributed by atoms with Gasteiger partial charge < -0.3 is 15.0 Å². The molecule has 3 rings (SSSR count). The van der Waals surface area contributed by atoms with E-state index in [2.05, 4.69) is 57.3 Å². The van der Waals surface area contributed by atoms with Gasteiger partial charge in [0.05, 0.1) is 6.04 Å². The van der Waals surface area contributed by atoms with Crippen molar-refractivity contribution in [3.05, 3.63) is 58.1 Å². The molecule has 0 aliphatic carbocycles. The van der Waals surface area contributed by atoms with Gasteiger partial charge in [0.2, 0.25) is 0 Å². The zero-order chi connectivity index (χ0) is 20.1. The van der Waals surface area contributed by atoms with Gasteiger partial charge in [-0.2, -0.15) is 0 Å². The smallest absolute Gasteiger partial charge is 0.258 e. The van der Waals surface area contributed by atoms with Crippen molar-refractivity contribution in [2.24, 2.45) is 5.92 Å². The molecule has 0 aromatic heterocycles. The molecule has 0 unspecified atom stereocenters. The first kappa shape index (κ1) is 20.7. The van der Waals surface area contributed by atoms with Gasteiger partial charge in [-0.15, -0.1) is 0 Å². The molecular weight excluding hydrogens is 416 g/mol. The van der Waals surface area contributed by atoms with Crippen molar-refractivity contribution < 1.29 is 9.53 Å². The third-order valence-corrected chi connectivity index (χ3v) is 6.18. The summed E-state index contributed by atoms with van der Waals surface area (Å²) in [6.45, 7) is 8.57. The Balaban J connectivity index is 1.51. The summed E-state index contributed by atoms with van der Waals surface area (Å²) in [7, 11) is 0. The molecule has 1 saturated heterocycles. The number of ether oxygens (including phenoxy) is 1. The Morgan fingerprint density at radius 2 is 2.04 bits per heavy atom. The maximum absolute atomic E-state index is 12.2. The topological polar surface area (TPSA) is 41.6 Å². The average molecular weight is 445 g/mol. The van der Waals surface area contributed by atoms with Crippen LogP contribution in [0.5, 0.6) is 5.75 Å². The molecule has 28 heavy (non-hydrogen) atoms. The van der Waals surface area contributed by atoms with Crippen molar-refractivity contribution in [2.45, 2.75) is 39.7 Å². The van der Waals surface area contributed by atoms with E-state index in [0.717, 1.165) is 34.6 Å². The molecule has 1 N–H and O–H groups in total. The Labute approximate surface area is 176 Å². The Kier molecular flexibility index (Phi) is 7.00. The minimum Gasteiger partial charge on any atom is -0.484 e. The van der Waals surface area contributed by atoms with Crippen LogP contribution in [0.25, 0.3) is 0 Å². The van der Waals surface area contributed by atoms with E-state index in [9.17, 15) is 4.79 Å². The lowest BCUT2D eigenvalue weighted by Gasteiger charge is -2.33. The lowest BCUT2D eigenvalue weighted by molar-refractivity contribution is -0.123. The van der Waals surface area contributed by atoms with Crippen LogP contribution in [0.15, 0.2) is 46.9 Å². The first-order valence-corrected chi connectivity index (χ1v) is 10.7. The van der Waals surface area contributed by atoms with Gasteiger partial charge in [0.25, 0.3) is 5.91 Å². The summed E-state index contributed by atoms with van der Waals surface area (Å²) < 4.78 is 6.64. The van der Waals surface area contributed by atoms with Crippen LogP contribution in [0.4, 0.5) is 5.69 Å². The number of benzene rings is 2. The van der Waals surface area contributed by atoms with E-state index in [1.807, 2.05) is 32.0 Å². The highest BCUT2D eigenvalue weighted by atomic mass is 79.9. The highest BCUT2D eigenvalue weighted by Crippen LogP contribution is 2.25. The van der Waals surface area contributed by atoms with Gasteiger partial charge in [0.1, 0.15) is 5.75 Å². The normalized spacial score (nSPS) is 17.9. The molecular formula is C23H29BrN2O2. The van der Waals surface area contributed by atoms with E-state index >= 15 is 0 Å². The van der Waals surface area contributed by atoms with Crippen LogP contribution >= 0.6 is 15.9 Å². The first-order valence-electron chi connectivity index (χ1n) is 9.95. The average Bonchev–Trinajstić information content (AvgIpc) is 2.69. The second-order valence-corrected chi connectivity index (χ2v) is 8.63. The zero-order valence-electron chi connectivity index (χ0n) is 16.9. The Hall–Kier alpha value is -2.01. The van der Waals surface area contributed by atoms with E-state index in [1.165, 1.54) is 18.5 Å². The minimum atomic E-state index is -0.123. The quantitative estimate of drug-likeness (QED) is 0.661. The fourth-order valence-electron chi connectivity index (χ4n) is 3.62. The van der Waals surface area contributed by atoms with E-state index in [1.54, 1.807) is 0 Å². The molecule has 0 saturated carbocycles. The van der Waals surface area contributed by atoms with E-state index in [0.29, 0.717) is 5.75 Å². The molecule has 150 valence electrons. The maximum Gasteiger partial charge on any atom is 0.258 e. The number of aryl methyl sites for hydroxylation is 1. The van der Waals surface area contributed by atoms with E-state index < -0.39 is 0 Å². The molecule has 0 spiro atoms. The minimum absolute atomic E-state index is 0.00909. The summed E-state index contributed by atoms with van der Waals surface area (Å²) in [4.78, 5) is 14.7. The van der Waals surface area contributed by atoms with Crippen molar-refractivity contribution in [3.63, 3.8) is 0 Å². The number of amides is 1. The maximum atomic E-state index is 12.2. The summed E-state index contributed by atoms with van der Waals surface area (Å²) in [5.74, 6) is 1.33. The van der Waals surface area contributed by atoms with Crippen molar-refractivity contribution in [1.82, 2.24) is 5.32 Å². The highest BCUT2D eigenvalue weighted by molar-refractivity contribution is 9.10. The third-order valence-electron chi connectivity index (χ3n) is 5.29. The first-order chi connectivity index (χ1) is 13.4. The molecule has 2 aromatic rings. The lowest BCUT2D eigenvalue weighted by atomic mass is 9.99. The molecule has 4 nitrogen and oxygen atoms in total. The summed E-state index contributed by atoms with van der Waals surface area (Å²) >= 11 is 3.46. The highest BCUT2D eigenvalue weighted by Gasteiger charge is 2.17. The number of nitrogens with zero attached hydrogens (tertiary/aromatic N) is 1. The predicted octanol–water partition coefficient (Wildman–Crippen LogP) is 5.25. The summed E-state index contributed by atoms with van der Waals surface area (Å²) in [6, 6.07) is 14.2. The number of hydrogen-bond donors (Lipinski definition) is 1. The Morgan fingerprint density at radius 3 is 2.71 bits per heavy atom. The summed E-state index contributed by atoms with van der Waals surface area (Å²) in [6.07, 6.45) is 2.58. The zero-order valence-corrected chi connectivity index (χ0v) is 18.5. The van der Waals surface area contributed by atoms with Crippen LogP contribution in [0.3, 0.4) is 0 Å². The van der Waals surface area contributed by atoms with Gasteiger partial charge in [-0.1, -0.05) is 35.0 Å². The van der Waals surface area contributed by atoms with Crippen LogP contribution in [0.2, 0.25) is 0 Å². The molecule has 1 fully saturated rings. The largest absolute Gasteiger partial charge is 0.484 e. The van der Waals surface area contributed by atoms with Crippen molar-refractivity contribution >= 4 is 27.5 Å². The lowest BCUT2D eigenvalue weighted by Crippen LogP contribution is -2.34. The molecule has 1 aliphatic heterocycles. The number of rotatable bonds is 6. The van der Waals surface area contributed by atoms with Crippen molar-refractivity contribution in [3.8, 4) is 5.75 Å². The van der Waals surface area contributed by atoms with Crippen molar-refractivity contribution in [2.75, 3.05) is 24.6 Å². The molecule has 0 bridgehead atoms. The molecule has 0 radical (unpaired) electrons. The number of halogens is 1.